The molecule has 1 aliphatic heterocycles. The number of aryl methyl sites for hydroxylation is 1. The Bertz CT molecular complexity index is 1140. The van der Waals surface area contributed by atoms with Gasteiger partial charge in [-0.25, -0.2) is 0 Å². The van der Waals surface area contributed by atoms with Crippen LogP contribution in [0.1, 0.15) is 28.5 Å². The molecule has 0 bridgehead atoms. The van der Waals surface area contributed by atoms with E-state index in [2.05, 4.69) is 0 Å². The second-order valence-corrected chi connectivity index (χ2v) is 8.28. The number of methoxy groups -OCH3 is 1. The summed E-state index contributed by atoms with van der Waals surface area (Å²) in [5.41, 5.74) is 1.70. The molecule has 1 fully saturated rings. The molecule has 1 unspecified atom stereocenters. The Morgan fingerprint density at radius 2 is 1.90 bits per heavy atom. The number of aliphatic hydroxyl groups is 1. The minimum Gasteiger partial charge on any atom is -0.507 e. The van der Waals surface area contributed by atoms with E-state index in [4.69, 9.17) is 4.74 Å². The molecule has 5 nitrogen and oxygen atoms in total. The molecular formula is C24H23NO4S. The zero-order chi connectivity index (χ0) is 21.3. The fourth-order valence-electron chi connectivity index (χ4n) is 4.00. The van der Waals surface area contributed by atoms with Crippen molar-refractivity contribution in [3.8, 4) is 0 Å². The number of hydrogen-bond donors (Lipinski definition) is 1. The summed E-state index contributed by atoms with van der Waals surface area (Å²) in [5.74, 6) is -1.35. The molecule has 0 spiro atoms. The summed E-state index contributed by atoms with van der Waals surface area (Å²) in [6, 6.07) is 14.6. The van der Waals surface area contributed by atoms with Crippen molar-refractivity contribution in [1.82, 2.24) is 4.90 Å². The van der Waals surface area contributed by atoms with Crippen molar-refractivity contribution in [3.63, 3.8) is 0 Å². The number of Topliss-reactive ketones (excluding diaryl/α,β-unsaturated/α-hetero) is 1. The molecule has 0 saturated carbocycles. The van der Waals surface area contributed by atoms with Crippen molar-refractivity contribution in [1.29, 1.82) is 0 Å². The lowest BCUT2D eigenvalue weighted by atomic mass is 9.95. The van der Waals surface area contributed by atoms with Gasteiger partial charge in [-0.1, -0.05) is 42.5 Å². The van der Waals surface area contributed by atoms with Crippen LogP contribution in [0, 0.1) is 6.92 Å². The van der Waals surface area contributed by atoms with E-state index in [0.717, 1.165) is 21.2 Å². The number of amides is 1. The maximum absolute atomic E-state index is 13.1. The number of benzene rings is 2. The minimum atomic E-state index is -0.643. The van der Waals surface area contributed by atoms with Gasteiger partial charge in [0, 0.05) is 30.7 Å². The second kappa shape index (κ2) is 8.42. The van der Waals surface area contributed by atoms with E-state index in [1.54, 1.807) is 18.1 Å². The Balaban J connectivity index is 1.90. The van der Waals surface area contributed by atoms with Gasteiger partial charge in [0.05, 0.1) is 11.6 Å². The van der Waals surface area contributed by atoms with Crippen LogP contribution in [0.15, 0.2) is 59.5 Å². The number of thiophene rings is 1. The highest BCUT2D eigenvalue weighted by Gasteiger charge is 2.46. The van der Waals surface area contributed by atoms with Gasteiger partial charge in [0.2, 0.25) is 0 Å². The number of nitrogens with zero attached hydrogens (tertiary/aromatic N) is 1. The lowest BCUT2D eigenvalue weighted by molar-refractivity contribution is -0.140. The van der Waals surface area contributed by atoms with Crippen LogP contribution in [0.3, 0.4) is 0 Å². The van der Waals surface area contributed by atoms with E-state index in [0.29, 0.717) is 25.1 Å². The molecule has 0 radical (unpaired) electrons. The number of carbonyl (C=O) groups is 2. The van der Waals surface area contributed by atoms with Gasteiger partial charge in [0.15, 0.2) is 0 Å². The van der Waals surface area contributed by atoms with E-state index < -0.39 is 17.7 Å². The number of likely N-dealkylation sites (tertiary alicyclic amines) is 1. The predicted octanol–water partition coefficient (Wildman–Crippen LogP) is 4.67. The zero-order valence-corrected chi connectivity index (χ0v) is 17.7. The number of rotatable bonds is 6. The van der Waals surface area contributed by atoms with Crippen LogP contribution in [-0.4, -0.2) is 42.0 Å². The highest BCUT2D eigenvalue weighted by atomic mass is 32.1. The molecule has 1 aliphatic rings. The molecular weight excluding hydrogens is 398 g/mol. The fraction of sp³-hybridized carbons (Fsp3) is 0.250. The van der Waals surface area contributed by atoms with Gasteiger partial charge in [-0.15, -0.1) is 11.3 Å². The molecule has 2 aromatic carbocycles. The van der Waals surface area contributed by atoms with Gasteiger partial charge in [-0.05, 0) is 41.1 Å². The van der Waals surface area contributed by atoms with Crippen LogP contribution in [0.2, 0.25) is 0 Å². The molecule has 1 N–H and O–H groups in total. The lowest BCUT2D eigenvalue weighted by Crippen LogP contribution is -2.31. The SMILES string of the molecule is COCCCN1C(=O)C(=O)/C(=C(/O)c2cccc3ccccc23)C1c1sccc1C. The Kier molecular flexibility index (Phi) is 5.70. The van der Waals surface area contributed by atoms with Gasteiger partial charge in [-0.2, -0.15) is 0 Å². The number of aliphatic hydroxyl groups excluding tert-OH is 1. The summed E-state index contributed by atoms with van der Waals surface area (Å²) in [6.07, 6.45) is 0.610. The van der Waals surface area contributed by atoms with Crippen molar-refractivity contribution < 1.29 is 19.4 Å². The summed E-state index contributed by atoms with van der Waals surface area (Å²) < 4.78 is 5.12. The standard InChI is InChI=1S/C24H23NO4S/c1-15-11-14-30-23(15)20-19(22(27)24(28)25(20)12-6-13-29-2)21(26)18-10-5-8-16-7-3-4-9-17(16)18/h3-5,7-11,14,20,26H,6,12-13H2,1-2H3/b21-19+. The smallest absolute Gasteiger partial charge is 0.295 e. The summed E-state index contributed by atoms with van der Waals surface area (Å²) in [5, 5.41) is 15.1. The molecule has 1 amide bonds. The fourth-order valence-corrected chi connectivity index (χ4v) is 5.05. The normalized spacial score (nSPS) is 18.5. The average Bonchev–Trinajstić information content (AvgIpc) is 3.28. The number of fused-ring (bicyclic) bond motifs is 1. The first-order valence-corrected chi connectivity index (χ1v) is 10.7. The molecule has 0 aliphatic carbocycles. The van der Waals surface area contributed by atoms with E-state index >= 15 is 0 Å². The lowest BCUT2D eigenvalue weighted by Gasteiger charge is -2.25. The van der Waals surface area contributed by atoms with E-state index in [-0.39, 0.29) is 11.3 Å². The van der Waals surface area contributed by atoms with E-state index in [1.807, 2.05) is 54.8 Å². The maximum atomic E-state index is 13.1. The third-order valence-corrected chi connectivity index (χ3v) is 6.55. The Labute approximate surface area is 179 Å². The quantitative estimate of drug-likeness (QED) is 0.272. The number of hydrogen-bond acceptors (Lipinski definition) is 5. The van der Waals surface area contributed by atoms with Crippen molar-refractivity contribution in [2.75, 3.05) is 20.3 Å². The summed E-state index contributed by atoms with van der Waals surface area (Å²) >= 11 is 1.49. The molecule has 154 valence electrons. The van der Waals surface area contributed by atoms with E-state index in [9.17, 15) is 14.7 Å². The molecule has 6 heteroatoms. The molecule has 1 atom stereocenters. The first-order valence-electron chi connectivity index (χ1n) is 9.84. The molecule has 30 heavy (non-hydrogen) atoms. The van der Waals surface area contributed by atoms with Gasteiger partial charge in [0.1, 0.15) is 5.76 Å². The highest BCUT2D eigenvalue weighted by Crippen LogP contribution is 2.43. The van der Waals surface area contributed by atoms with Crippen LogP contribution >= 0.6 is 11.3 Å². The number of ketones is 1. The molecule has 1 saturated heterocycles. The third kappa shape index (κ3) is 3.42. The van der Waals surface area contributed by atoms with Crippen LogP contribution in [0.25, 0.3) is 16.5 Å². The van der Waals surface area contributed by atoms with Crippen molar-refractivity contribution >= 4 is 39.6 Å². The molecule has 3 aromatic rings. The Morgan fingerprint density at radius 3 is 2.63 bits per heavy atom. The van der Waals surface area contributed by atoms with Crippen LogP contribution < -0.4 is 0 Å². The number of carbonyl (C=O) groups excluding carboxylic acids is 2. The highest BCUT2D eigenvalue weighted by molar-refractivity contribution is 7.10. The average molecular weight is 422 g/mol. The summed E-state index contributed by atoms with van der Waals surface area (Å²) in [6.45, 7) is 2.83. The molecule has 4 rings (SSSR count). The first kappa shape index (κ1) is 20.3. The van der Waals surface area contributed by atoms with Crippen LogP contribution in [-0.2, 0) is 14.3 Å². The topological polar surface area (TPSA) is 66.8 Å². The molecule has 1 aromatic heterocycles. The summed E-state index contributed by atoms with van der Waals surface area (Å²) in [4.78, 5) is 28.5. The Hall–Kier alpha value is -2.96. The summed E-state index contributed by atoms with van der Waals surface area (Å²) in [7, 11) is 1.61. The zero-order valence-electron chi connectivity index (χ0n) is 16.9. The molecule has 2 heterocycles. The van der Waals surface area contributed by atoms with Crippen molar-refractivity contribution in [3.05, 3.63) is 75.5 Å². The Morgan fingerprint density at radius 1 is 1.13 bits per heavy atom. The second-order valence-electron chi connectivity index (χ2n) is 7.33. The maximum Gasteiger partial charge on any atom is 0.295 e. The predicted molar refractivity (Wildman–Crippen MR) is 119 cm³/mol. The largest absolute Gasteiger partial charge is 0.507 e. The van der Waals surface area contributed by atoms with Crippen LogP contribution in [0.4, 0.5) is 0 Å². The van der Waals surface area contributed by atoms with Gasteiger partial charge >= 0.3 is 0 Å². The third-order valence-electron chi connectivity index (χ3n) is 5.48. The van der Waals surface area contributed by atoms with Crippen molar-refractivity contribution in [2.24, 2.45) is 0 Å². The van der Waals surface area contributed by atoms with Gasteiger partial charge in [0.25, 0.3) is 11.7 Å². The number of ether oxygens (including phenoxy) is 1. The monoisotopic (exact) mass is 421 g/mol. The van der Waals surface area contributed by atoms with Gasteiger partial charge < -0.3 is 14.7 Å². The first-order chi connectivity index (χ1) is 14.5. The van der Waals surface area contributed by atoms with E-state index in [1.165, 1.54) is 11.3 Å². The van der Waals surface area contributed by atoms with Crippen molar-refractivity contribution in [2.45, 2.75) is 19.4 Å². The van der Waals surface area contributed by atoms with Gasteiger partial charge in [-0.3, -0.25) is 9.59 Å². The van der Waals surface area contributed by atoms with Crippen LogP contribution in [0.5, 0.6) is 0 Å². The minimum absolute atomic E-state index is 0.128.